The first kappa shape index (κ1) is 15.0. The minimum absolute atomic E-state index is 0.386. The van der Waals surface area contributed by atoms with Crippen LogP contribution in [-0.4, -0.2) is 50.8 Å². The van der Waals surface area contributed by atoms with E-state index in [1.54, 1.807) is 0 Å². The summed E-state index contributed by atoms with van der Waals surface area (Å²) in [6, 6.07) is 8.88. The third-order valence-corrected chi connectivity index (χ3v) is 5.90. The summed E-state index contributed by atoms with van der Waals surface area (Å²) in [5.41, 5.74) is 3.44. The molecule has 2 unspecified atom stereocenters. The van der Waals surface area contributed by atoms with E-state index in [0.29, 0.717) is 11.3 Å². The van der Waals surface area contributed by atoms with Gasteiger partial charge in [0.15, 0.2) is 5.96 Å². The van der Waals surface area contributed by atoms with Gasteiger partial charge in [0.25, 0.3) is 0 Å². The third-order valence-electron chi connectivity index (χ3n) is 5.90. The van der Waals surface area contributed by atoms with Gasteiger partial charge in [-0.1, -0.05) is 24.3 Å². The molecule has 2 saturated heterocycles. The Hall–Kier alpha value is -1.55. The minimum atomic E-state index is 0.386. The lowest BCUT2D eigenvalue weighted by molar-refractivity contribution is 0.156. The van der Waals surface area contributed by atoms with Crippen LogP contribution < -0.4 is 5.32 Å². The molecule has 4 nitrogen and oxygen atoms in total. The zero-order valence-electron chi connectivity index (χ0n) is 14.1. The Morgan fingerprint density at radius 1 is 1.39 bits per heavy atom. The lowest BCUT2D eigenvalue weighted by Crippen LogP contribution is -2.42. The zero-order chi connectivity index (χ0) is 15.7. The molecule has 2 aliphatic heterocycles. The number of ether oxygens (including phenoxy) is 1. The van der Waals surface area contributed by atoms with E-state index in [-0.39, 0.29) is 0 Å². The highest BCUT2D eigenvalue weighted by Crippen LogP contribution is 2.38. The molecule has 1 aromatic rings. The van der Waals surface area contributed by atoms with E-state index in [0.717, 1.165) is 38.8 Å². The Balaban J connectivity index is 1.37. The van der Waals surface area contributed by atoms with Gasteiger partial charge >= 0.3 is 0 Å². The lowest BCUT2D eigenvalue weighted by Gasteiger charge is -2.26. The highest BCUT2D eigenvalue weighted by Gasteiger charge is 2.42. The van der Waals surface area contributed by atoms with Crippen molar-refractivity contribution < 1.29 is 4.74 Å². The van der Waals surface area contributed by atoms with Crippen molar-refractivity contribution in [1.82, 2.24) is 10.2 Å². The Morgan fingerprint density at radius 3 is 3.13 bits per heavy atom. The summed E-state index contributed by atoms with van der Waals surface area (Å²) in [6.45, 7) is 5.04. The van der Waals surface area contributed by atoms with E-state index < -0.39 is 0 Å². The van der Waals surface area contributed by atoms with E-state index in [9.17, 15) is 0 Å². The van der Waals surface area contributed by atoms with Crippen molar-refractivity contribution >= 4 is 5.96 Å². The smallest absolute Gasteiger partial charge is 0.193 e. The fourth-order valence-corrected chi connectivity index (χ4v) is 4.49. The van der Waals surface area contributed by atoms with Gasteiger partial charge in [-0.2, -0.15) is 0 Å². The molecule has 23 heavy (non-hydrogen) atoms. The first-order chi connectivity index (χ1) is 11.3. The number of guanidine groups is 1. The topological polar surface area (TPSA) is 36.9 Å². The number of aliphatic imine (C=N–C) groups is 1. The normalized spacial score (nSPS) is 30.2. The highest BCUT2D eigenvalue weighted by atomic mass is 16.5. The van der Waals surface area contributed by atoms with Crippen molar-refractivity contribution in [1.29, 1.82) is 0 Å². The predicted molar refractivity (Wildman–Crippen MR) is 92.9 cm³/mol. The molecule has 1 spiro atoms. The largest absolute Gasteiger partial charge is 0.381 e. The Bertz CT molecular complexity index is 592. The fraction of sp³-hybridized carbons (Fsp3) is 0.632. The van der Waals surface area contributed by atoms with E-state index in [2.05, 4.69) is 39.5 Å². The summed E-state index contributed by atoms with van der Waals surface area (Å²) in [5.74, 6) is 1.69. The summed E-state index contributed by atoms with van der Waals surface area (Å²) in [4.78, 5) is 6.96. The second kappa shape index (κ2) is 6.16. The van der Waals surface area contributed by atoms with Crippen LogP contribution in [0.25, 0.3) is 0 Å². The molecular formula is C19H27N3O. The minimum Gasteiger partial charge on any atom is -0.381 e. The molecule has 1 aliphatic carbocycles. The number of hydrogen-bond donors (Lipinski definition) is 1. The van der Waals surface area contributed by atoms with Crippen molar-refractivity contribution in [2.45, 2.75) is 31.6 Å². The van der Waals surface area contributed by atoms with Crippen molar-refractivity contribution in [3.05, 3.63) is 35.4 Å². The summed E-state index contributed by atoms with van der Waals surface area (Å²) >= 11 is 0. The monoisotopic (exact) mass is 313 g/mol. The van der Waals surface area contributed by atoms with Crippen molar-refractivity contribution in [3.63, 3.8) is 0 Å². The van der Waals surface area contributed by atoms with Crippen LogP contribution >= 0.6 is 0 Å². The number of benzene rings is 1. The number of nitrogens with zero attached hydrogens (tertiary/aromatic N) is 2. The number of fused-ring (bicyclic) bond motifs is 1. The van der Waals surface area contributed by atoms with Crippen LogP contribution in [-0.2, 0) is 11.2 Å². The van der Waals surface area contributed by atoms with Crippen molar-refractivity contribution in [2.24, 2.45) is 10.4 Å². The van der Waals surface area contributed by atoms with Gasteiger partial charge in [0.05, 0.1) is 6.61 Å². The Labute approximate surface area is 138 Å². The average Bonchev–Trinajstić information content (AvgIpc) is 3.30. The predicted octanol–water partition coefficient (Wildman–Crippen LogP) is 2.40. The van der Waals surface area contributed by atoms with Crippen molar-refractivity contribution in [3.8, 4) is 0 Å². The standard InChI is InChI=1S/C19H27N3O/c1-20-18(22-10-8-19(13-22)9-11-23-14-19)21-12-16-7-6-15-4-2-3-5-17(15)16/h2-5,16H,6-14H2,1H3,(H,20,21). The molecule has 4 heteroatoms. The van der Waals surface area contributed by atoms with Crippen LogP contribution in [0.1, 0.15) is 36.3 Å². The molecule has 1 aromatic carbocycles. The highest BCUT2D eigenvalue weighted by molar-refractivity contribution is 5.80. The third kappa shape index (κ3) is 2.85. The maximum Gasteiger partial charge on any atom is 0.193 e. The van der Waals surface area contributed by atoms with Gasteiger partial charge in [0.1, 0.15) is 0 Å². The molecule has 4 rings (SSSR count). The fourth-order valence-electron chi connectivity index (χ4n) is 4.49. The van der Waals surface area contributed by atoms with Gasteiger partial charge in [0.2, 0.25) is 0 Å². The summed E-state index contributed by atoms with van der Waals surface area (Å²) in [6.07, 6.45) is 4.91. The van der Waals surface area contributed by atoms with E-state index in [1.165, 1.54) is 36.8 Å². The Morgan fingerprint density at radius 2 is 2.30 bits per heavy atom. The molecular weight excluding hydrogens is 286 g/mol. The van der Waals surface area contributed by atoms with Crippen LogP contribution in [0.2, 0.25) is 0 Å². The average molecular weight is 313 g/mol. The van der Waals surface area contributed by atoms with E-state index >= 15 is 0 Å². The second-order valence-corrected chi connectivity index (χ2v) is 7.34. The molecule has 2 heterocycles. The SMILES string of the molecule is CN=C(NCC1CCc2ccccc21)N1CCC2(CCOC2)C1. The molecule has 0 amide bonds. The van der Waals surface area contributed by atoms with Crippen molar-refractivity contribution in [2.75, 3.05) is 39.9 Å². The quantitative estimate of drug-likeness (QED) is 0.673. The molecule has 0 saturated carbocycles. The number of nitrogens with one attached hydrogen (secondary N) is 1. The first-order valence-corrected chi connectivity index (χ1v) is 8.91. The van der Waals surface area contributed by atoms with Gasteiger partial charge < -0.3 is 15.0 Å². The van der Waals surface area contributed by atoms with Gasteiger partial charge in [-0.3, -0.25) is 4.99 Å². The lowest BCUT2D eigenvalue weighted by atomic mass is 9.87. The second-order valence-electron chi connectivity index (χ2n) is 7.34. The molecule has 0 aromatic heterocycles. The number of likely N-dealkylation sites (tertiary alicyclic amines) is 1. The van der Waals surface area contributed by atoms with E-state index in [1.807, 2.05) is 7.05 Å². The van der Waals surface area contributed by atoms with E-state index in [4.69, 9.17) is 4.74 Å². The molecule has 1 N–H and O–H groups in total. The van der Waals surface area contributed by atoms with Gasteiger partial charge in [0, 0.05) is 44.6 Å². The van der Waals surface area contributed by atoms with Gasteiger partial charge in [-0.15, -0.1) is 0 Å². The zero-order valence-corrected chi connectivity index (χ0v) is 14.1. The van der Waals surface area contributed by atoms with Crippen LogP contribution in [0.3, 0.4) is 0 Å². The molecule has 0 bridgehead atoms. The van der Waals surface area contributed by atoms with Crippen LogP contribution in [0, 0.1) is 5.41 Å². The molecule has 0 radical (unpaired) electrons. The first-order valence-electron chi connectivity index (χ1n) is 8.91. The summed E-state index contributed by atoms with van der Waals surface area (Å²) in [7, 11) is 1.90. The van der Waals surface area contributed by atoms with Gasteiger partial charge in [-0.25, -0.2) is 0 Å². The maximum atomic E-state index is 5.64. The Kier molecular flexibility index (Phi) is 4.02. The molecule has 3 aliphatic rings. The number of rotatable bonds is 2. The van der Waals surface area contributed by atoms with Crippen LogP contribution in [0.5, 0.6) is 0 Å². The van der Waals surface area contributed by atoms with Crippen LogP contribution in [0.4, 0.5) is 0 Å². The van der Waals surface area contributed by atoms with Crippen LogP contribution in [0.15, 0.2) is 29.3 Å². The number of hydrogen-bond acceptors (Lipinski definition) is 2. The summed E-state index contributed by atoms with van der Waals surface area (Å²) < 4.78 is 5.64. The van der Waals surface area contributed by atoms with Gasteiger partial charge in [-0.05, 0) is 36.8 Å². The summed E-state index contributed by atoms with van der Waals surface area (Å²) in [5, 5.41) is 3.64. The molecule has 124 valence electrons. The number of aryl methyl sites for hydroxylation is 1. The molecule has 2 atom stereocenters. The maximum absolute atomic E-state index is 5.64. The molecule has 2 fully saturated rings.